The summed E-state index contributed by atoms with van der Waals surface area (Å²) in [4.78, 5) is 0. The molecule has 0 aliphatic carbocycles. The number of benzene rings is 1. The maximum absolute atomic E-state index is 9.65. The van der Waals surface area contributed by atoms with E-state index in [0.717, 1.165) is 4.47 Å². The van der Waals surface area contributed by atoms with Gasteiger partial charge in [-0.3, -0.25) is 0 Å². The Morgan fingerprint density at radius 2 is 2.21 bits per heavy atom. The average Bonchev–Trinajstić information content (AvgIpc) is 2.19. The molecule has 0 saturated heterocycles. The number of nitrogens with two attached hydrogens (primary N) is 1. The fraction of sp³-hybridized carbons (Fsp3) is 0.333. The van der Waals surface area contributed by atoms with E-state index < -0.39 is 6.10 Å². The van der Waals surface area contributed by atoms with Gasteiger partial charge in [0.25, 0.3) is 0 Å². The number of aromatic hydroxyl groups is 1. The molecule has 0 bridgehead atoms. The van der Waals surface area contributed by atoms with Crippen LogP contribution in [0.5, 0.6) is 11.5 Å². The topological polar surface area (TPSA) is 75.7 Å². The van der Waals surface area contributed by atoms with Crippen LogP contribution in [0.25, 0.3) is 0 Å². The minimum atomic E-state index is -0.888. The molecule has 4 N–H and O–H groups in total. The number of methoxy groups -OCH3 is 1. The monoisotopic (exact) mass is 261 g/mol. The summed E-state index contributed by atoms with van der Waals surface area (Å²) in [5, 5.41) is 19.1. The highest BCUT2D eigenvalue weighted by Crippen LogP contribution is 2.36. The Labute approximate surface area is 90.4 Å². The Balaban J connectivity index is 3.21. The lowest BCUT2D eigenvalue weighted by atomic mass is 10.1. The first-order valence-electron chi connectivity index (χ1n) is 4.04. The second-order valence-electron chi connectivity index (χ2n) is 2.80. The molecule has 0 radical (unpaired) electrons. The normalized spacial score (nSPS) is 12.6. The molecule has 0 amide bonds. The van der Waals surface area contributed by atoms with Crippen molar-refractivity contribution >= 4 is 15.9 Å². The number of rotatable bonds is 3. The number of aliphatic hydroxyl groups is 1. The highest BCUT2D eigenvalue weighted by molar-refractivity contribution is 9.10. The standard InChI is InChI=1S/C9H12BrNO3/c1-14-8-3-5(10)2-6(9(8)13)7(12)4-11/h2-3,7,12-13H,4,11H2,1H3/t7-/m1/s1. The van der Waals surface area contributed by atoms with Gasteiger partial charge >= 0.3 is 0 Å². The van der Waals surface area contributed by atoms with Gasteiger partial charge in [0, 0.05) is 16.6 Å². The Bertz CT molecular complexity index is 330. The van der Waals surface area contributed by atoms with Crippen molar-refractivity contribution in [1.29, 1.82) is 0 Å². The van der Waals surface area contributed by atoms with Crippen LogP contribution in [0.4, 0.5) is 0 Å². The van der Waals surface area contributed by atoms with Crippen LogP contribution in [0.1, 0.15) is 11.7 Å². The number of hydrogen-bond donors (Lipinski definition) is 3. The molecule has 5 heteroatoms. The summed E-state index contributed by atoms with van der Waals surface area (Å²) in [6, 6.07) is 3.22. The molecule has 14 heavy (non-hydrogen) atoms. The third kappa shape index (κ3) is 2.17. The van der Waals surface area contributed by atoms with Crippen LogP contribution in [0, 0.1) is 0 Å². The SMILES string of the molecule is COc1cc(Br)cc([C@H](O)CN)c1O. The van der Waals surface area contributed by atoms with Crippen molar-refractivity contribution in [1.82, 2.24) is 0 Å². The summed E-state index contributed by atoms with van der Waals surface area (Å²) < 4.78 is 5.65. The quantitative estimate of drug-likeness (QED) is 0.763. The molecule has 1 atom stereocenters. The number of hydrogen-bond acceptors (Lipinski definition) is 4. The van der Waals surface area contributed by atoms with E-state index in [1.54, 1.807) is 12.1 Å². The summed E-state index contributed by atoms with van der Waals surface area (Å²) in [6.45, 7) is 0.0488. The minimum Gasteiger partial charge on any atom is -0.504 e. The second kappa shape index (κ2) is 4.63. The van der Waals surface area contributed by atoms with Gasteiger partial charge in [-0.2, -0.15) is 0 Å². The van der Waals surface area contributed by atoms with Gasteiger partial charge in [-0.1, -0.05) is 15.9 Å². The molecule has 0 spiro atoms. The zero-order valence-corrected chi connectivity index (χ0v) is 9.28. The van der Waals surface area contributed by atoms with Crippen molar-refractivity contribution in [2.24, 2.45) is 5.73 Å². The van der Waals surface area contributed by atoms with Crippen molar-refractivity contribution in [3.8, 4) is 11.5 Å². The van der Waals surface area contributed by atoms with Gasteiger partial charge in [0.15, 0.2) is 11.5 Å². The molecule has 78 valence electrons. The minimum absolute atomic E-state index is 0.0488. The van der Waals surface area contributed by atoms with Crippen LogP contribution < -0.4 is 10.5 Å². The first kappa shape index (κ1) is 11.3. The number of ether oxygens (including phenoxy) is 1. The second-order valence-corrected chi connectivity index (χ2v) is 3.71. The largest absolute Gasteiger partial charge is 0.504 e. The lowest BCUT2D eigenvalue weighted by molar-refractivity contribution is 0.181. The molecular formula is C9H12BrNO3. The van der Waals surface area contributed by atoms with Crippen molar-refractivity contribution in [2.75, 3.05) is 13.7 Å². The van der Waals surface area contributed by atoms with E-state index in [9.17, 15) is 10.2 Å². The Morgan fingerprint density at radius 1 is 1.57 bits per heavy atom. The molecule has 4 nitrogen and oxygen atoms in total. The van der Waals surface area contributed by atoms with E-state index in [2.05, 4.69) is 15.9 Å². The van der Waals surface area contributed by atoms with E-state index >= 15 is 0 Å². The molecule has 0 aliphatic rings. The molecule has 0 aliphatic heterocycles. The lowest BCUT2D eigenvalue weighted by Crippen LogP contribution is -2.11. The lowest BCUT2D eigenvalue weighted by Gasteiger charge is -2.13. The van der Waals surface area contributed by atoms with Gasteiger partial charge in [0.1, 0.15) is 0 Å². The van der Waals surface area contributed by atoms with Crippen LogP contribution in [-0.4, -0.2) is 23.9 Å². The van der Waals surface area contributed by atoms with E-state index in [1.165, 1.54) is 7.11 Å². The van der Waals surface area contributed by atoms with Gasteiger partial charge in [-0.25, -0.2) is 0 Å². The van der Waals surface area contributed by atoms with Crippen molar-refractivity contribution in [3.05, 3.63) is 22.2 Å². The van der Waals surface area contributed by atoms with Gasteiger partial charge < -0.3 is 20.7 Å². The zero-order chi connectivity index (χ0) is 10.7. The molecule has 0 aromatic heterocycles. The van der Waals surface area contributed by atoms with E-state index in [-0.39, 0.29) is 12.3 Å². The molecule has 1 rings (SSSR count). The first-order valence-corrected chi connectivity index (χ1v) is 4.84. The predicted molar refractivity (Wildman–Crippen MR) is 56.4 cm³/mol. The molecule has 0 fully saturated rings. The summed E-state index contributed by atoms with van der Waals surface area (Å²) in [6.07, 6.45) is -0.888. The van der Waals surface area contributed by atoms with Crippen molar-refractivity contribution < 1.29 is 14.9 Å². The highest BCUT2D eigenvalue weighted by atomic mass is 79.9. The van der Waals surface area contributed by atoms with E-state index in [1.807, 2.05) is 0 Å². The molecule has 1 aromatic carbocycles. The average molecular weight is 262 g/mol. The number of phenolic OH excluding ortho intramolecular Hbond substituents is 1. The molecular weight excluding hydrogens is 250 g/mol. The van der Waals surface area contributed by atoms with Gasteiger partial charge in [0.2, 0.25) is 0 Å². The molecule has 0 saturated carbocycles. The molecule has 0 heterocycles. The van der Waals surface area contributed by atoms with Crippen LogP contribution in [0.2, 0.25) is 0 Å². The maximum atomic E-state index is 9.65. The van der Waals surface area contributed by atoms with Gasteiger partial charge in [0.05, 0.1) is 13.2 Å². The third-order valence-electron chi connectivity index (χ3n) is 1.87. The number of halogens is 1. The van der Waals surface area contributed by atoms with Crippen molar-refractivity contribution in [3.63, 3.8) is 0 Å². The maximum Gasteiger partial charge on any atom is 0.163 e. The molecule has 0 unspecified atom stereocenters. The van der Waals surface area contributed by atoms with Crippen molar-refractivity contribution in [2.45, 2.75) is 6.10 Å². The predicted octanol–water partition coefficient (Wildman–Crippen LogP) is 1.16. The number of aliphatic hydroxyl groups excluding tert-OH is 1. The summed E-state index contributed by atoms with van der Waals surface area (Å²) in [5.74, 6) is 0.232. The highest BCUT2D eigenvalue weighted by Gasteiger charge is 2.15. The smallest absolute Gasteiger partial charge is 0.163 e. The van der Waals surface area contributed by atoms with E-state index in [4.69, 9.17) is 10.5 Å². The fourth-order valence-electron chi connectivity index (χ4n) is 1.13. The van der Waals surface area contributed by atoms with E-state index in [0.29, 0.717) is 11.3 Å². The molecule has 1 aromatic rings. The van der Waals surface area contributed by atoms with Crippen LogP contribution >= 0.6 is 15.9 Å². The zero-order valence-electron chi connectivity index (χ0n) is 7.70. The number of phenols is 1. The van der Waals surface area contributed by atoms with Crippen LogP contribution in [-0.2, 0) is 0 Å². The first-order chi connectivity index (χ1) is 6.60. The summed E-state index contributed by atoms with van der Waals surface area (Å²) in [7, 11) is 1.44. The summed E-state index contributed by atoms with van der Waals surface area (Å²) in [5.41, 5.74) is 5.66. The third-order valence-corrected chi connectivity index (χ3v) is 2.33. The Hall–Kier alpha value is -0.780. The fourth-order valence-corrected chi connectivity index (χ4v) is 1.59. The van der Waals surface area contributed by atoms with Gasteiger partial charge in [-0.05, 0) is 12.1 Å². The summed E-state index contributed by atoms with van der Waals surface area (Å²) >= 11 is 3.24. The van der Waals surface area contributed by atoms with Crippen LogP contribution in [0.15, 0.2) is 16.6 Å². The Kier molecular flexibility index (Phi) is 3.74. The van der Waals surface area contributed by atoms with Gasteiger partial charge in [-0.15, -0.1) is 0 Å². The van der Waals surface area contributed by atoms with Crippen LogP contribution in [0.3, 0.4) is 0 Å². The Morgan fingerprint density at radius 3 is 2.71 bits per heavy atom.